The first-order chi connectivity index (χ1) is 7.14. The van der Waals surface area contributed by atoms with Gasteiger partial charge >= 0.3 is 0 Å². The molecule has 2 aliphatic rings. The molecule has 0 aromatic rings. The van der Waals surface area contributed by atoms with Crippen LogP contribution >= 0.6 is 0 Å². The van der Waals surface area contributed by atoms with E-state index in [2.05, 4.69) is 24.1 Å². The number of nitrogens with one attached hydrogen (secondary N) is 1. The van der Waals surface area contributed by atoms with Crippen molar-refractivity contribution in [3.8, 4) is 0 Å². The molecule has 0 aromatic heterocycles. The first-order valence-electron chi connectivity index (χ1n) is 6.27. The second-order valence-electron chi connectivity index (χ2n) is 5.46. The topological polar surface area (TPSA) is 35.5 Å². The Morgan fingerprint density at radius 1 is 1.27 bits per heavy atom. The normalized spacial score (nSPS) is 32.4. The Bertz CT molecular complexity index is 210. The summed E-state index contributed by atoms with van der Waals surface area (Å²) in [5, 5.41) is 13.4. The molecule has 2 fully saturated rings. The van der Waals surface area contributed by atoms with Gasteiger partial charge in [0.15, 0.2) is 0 Å². The molecule has 3 nitrogen and oxygen atoms in total. The molecule has 0 unspecified atom stereocenters. The van der Waals surface area contributed by atoms with E-state index in [1.807, 2.05) is 0 Å². The maximum absolute atomic E-state index is 10.1. The van der Waals surface area contributed by atoms with Crippen molar-refractivity contribution < 1.29 is 5.11 Å². The molecule has 0 aromatic carbocycles. The zero-order valence-corrected chi connectivity index (χ0v) is 10.00. The van der Waals surface area contributed by atoms with Crippen molar-refractivity contribution in [1.82, 2.24) is 10.2 Å². The van der Waals surface area contributed by atoms with Crippen molar-refractivity contribution in [2.75, 3.05) is 26.2 Å². The Morgan fingerprint density at radius 3 is 2.47 bits per heavy atom. The lowest BCUT2D eigenvalue weighted by Crippen LogP contribution is -2.54. The molecular formula is C12H24N2O. The van der Waals surface area contributed by atoms with Gasteiger partial charge in [-0.3, -0.25) is 0 Å². The first-order valence-corrected chi connectivity index (χ1v) is 6.27. The van der Waals surface area contributed by atoms with Crippen molar-refractivity contribution >= 4 is 0 Å². The first kappa shape index (κ1) is 11.4. The fourth-order valence-corrected chi connectivity index (χ4v) is 3.03. The predicted octanol–water partition coefficient (Wildman–Crippen LogP) is 0.831. The van der Waals surface area contributed by atoms with Crippen molar-refractivity contribution in [2.45, 2.75) is 45.3 Å². The number of β-amino-alcohol motifs (C(OH)–C–C–N with tert-alkyl or cyclic N) is 1. The minimum atomic E-state index is -0.124. The van der Waals surface area contributed by atoms with Crippen molar-refractivity contribution in [3.63, 3.8) is 0 Å². The number of aliphatic hydroxyl groups excluding tert-OH is 1. The minimum absolute atomic E-state index is 0.124. The molecule has 0 amide bonds. The van der Waals surface area contributed by atoms with E-state index in [1.165, 1.54) is 12.8 Å². The Morgan fingerprint density at radius 2 is 1.93 bits per heavy atom. The van der Waals surface area contributed by atoms with Crippen LogP contribution in [0.2, 0.25) is 0 Å². The molecule has 1 atom stereocenters. The van der Waals surface area contributed by atoms with E-state index in [0.29, 0.717) is 6.04 Å². The van der Waals surface area contributed by atoms with Gasteiger partial charge in [-0.1, -0.05) is 0 Å². The lowest BCUT2D eigenvalue weighted by molar-refractivity contribution is -0.0482. The molecule has 0 saturated carbocycles. The molecule has 0 radical (unpaired) electrons. The molecule has 2 rings (SSSR count). The average Bonchev–Trinajstić information content (AvgIpc) is 2.23. The molecule has 0 aliphatic carbocycles. The summed E-state index contributed by atoms with van der Waals surface area (Å²) in [4.78, 5) is 2.53. The van der Waals surface area contributed by atoms with Crippen LogP contribution in [0.25, 0.3) is 0 Å². The van der Waals surface area contributed by atoms with Crippen LogP contribution in [0.5, 0.6) is 0 Å². The number of rotatable bonds is 1. The number of nitrogens with zero attached hydrogens (tertiary/aromatic N) is 1. The summed E-state index contributed by atoms with van der Waals surface area (Å²) in [6, 6.07) is 0.654. The quantitative estimate of drug-likeness (QED) is 0.676. The van der Waals surface area contributed by atoms with Gasteiger partial charge in [-0.25, -0.2) is 0 Å². The summed E-state index contributed by atoms with van der Waals surface area (Å²) in [5.74, 6) is 0. The Labute approximate surface area is 92.8 Å². The molecule has 2 aliphatic heterocycles. The van der Waals surface area contributed by atoms with E-state index >= 15 is 0 Å². The fourth-order valence-electron chi connectivity index (χ4n) is 3.03. The smallest absolute Gasteiger partial charge is 0.0722 e. The van der Waals surface area contributed by atoms with Crippen molar-refractivity contribution in [2.24, 2.45) is 5.41 Å². The van der Waals surface area contributed by atoms with Gasteiger partial charge in [-0.15, -0.1) is 0 Å². The molecule has 88 valence electrons. The van der Waals surface area contributed by atoms with Gasteiger partial charge in [0.05, 0.1) is 6.10 Å². The molecule has 1 spiro atoms. The largest absolute Gasteiger partial charge is 0.391 e. The van der Waals surface area contributed by atoms with Gasteiger partial charge in [0, 0.05) is 18.0 Å². The number of hydrogen-bond acceptors (Lipinski definition) is 3. The molecule has 2 N–H and O–H groups in total. The zero-order chi connectivity index (χ0) is 10.9. The highest BCUT2D eigenvalue weighted by Gasteiger charge is 2.42. The maximum atomic E-state index is 10.1. The van der Waals surface area contributed by atoms with E-state index in [-0.39, 0.29) is 11.5 Å². The Kier molecular flexibility index (Phi) is 3.33. The summed E-state index contributed by atoms with van der Waals surface area (Å²) in [5.41, 5.74) is 0.233. The van der Waals surface area contributed by atoms with E-state index in [4.69, 9.17) is 0 Å². The SMILES string of the molecule is CC(C)N1CCC2(CCNC[C@@H]2O)CC1. The van der Waals surface area contributed by atoms with Crippen LogP contribution in [-0.2, 0) is 0 Å². The van der Waals surface area contributed by atoms with Crippen LogP contribution in [0.1, 0.15) is 33.1 Å². The van der Waals surface area contributed by atoms with Gasteiger partial charge in [-0.05, 0) is 52.7 Å². The number of aliphatic hydroxyl groups is 1. The van der Waals surface area contributed by atoms with E-state index in [9.17, 15) is 5.11 Å². The van der Waals surface area contributed by atoms with Gasteiger partial charge in [0.1, 0.15) is 0 Å². The summed E-state index contributed by atoms with van der Waals surface area (Å²) in [6.07, 6.45) is 3.38. The minimum Gasteiger partial charge on any atom is -0.391 e. The monoisotopic (exact) mass is 212 g/mol. The zero-order valence-electron chi connectivity index (χ0n) is 10.00. The van der Waals surface area contributed by atoms with Crippen LogP contribution in [0, 0.1) is 5.41 Å². The second kappa shape index (κ2) is 4.40. The third-order valence-electron chi connectivity index (χ3n) is 4.37. The van der Waals surface area contributed by atoms with Crippen molar-refractivity contribution in [3.05, 3.63) is 0 Å². The summed E-state index contributed by atoms with van der Waals surface area (Å²) >= 11 is 0. The molecule has 3 heteroatoms. The van der Waals surface area contributed by atoms with Gasteiger partial charge in [0.25, 0.3) is 0 Å². The van der Waals surface area contributed by atoms with Gasteiger partial charge in [-0.2, -0.15) is 0 Å². The van der Waals surface area contributed by atoms with E-state index < -0.39 is 0 Å². The highest BCUT2D eigenvalue weighted by molar-refractivity contribution is 4.95. The third kappa shape index (κ3) is 2.19. The van der Waals surface area contributed by atoms with Crippen LogP contribution in [0.15, 0.2) is 0 Å². The third-order valence-corrected chi connectivity index (χ3v) is 4.37. The molecule has 2 heterocycles. The molecule has 0 bridgehead atoms. The molecular weight excluding hydrogens is 188 g/mol. The lowest BCUT2D eigenvalue weighted by atomic mass is 9.69. The van der Waals surface area contributed by atoms with E-state index in [0.717, 1.165) is 32.6 Å². The molecule has 15 heavy (non-hydrogen) atoms. The summed E-state index contributed by atoms with van der Waals surface area (Å²) in [7, 11) is 0. The number of hydrogen-bond donors (Lipinski definition) is 2. The highest BCUT2D eigenvalue weighted by Crippen LogP contribution is 2.40. The van der Waals surface area contributed by atoms with Crippen LogP contribution in [0.3, 0.4) is 0 Å². The number of likely N-dealkylation sites (tertiary alicyclic amines) is 1. The fraction of sp³-hybridized carbons (Fsp3) is 1.00. The van der Waals surface area contributed by atoms with Crippen LogP contribution in [0.4, 0.5) is 0 Å². The van der Waals surface area contributed by atoms with E-state index in [1.54, 1.807) is 0 Å². The van der Waals surface area contributed by atoms with Crippen LogP contribution < -0.4 is 5.32 Å². The Hall–Kier alpha value is -0.120. The van der Waals surface area contributed by atoms with Crippen molar-refractivity contribution in [1.29, 1.82) is 0 Å². The summed E-state index contributed by atoms with van der Waals surface area (Å²) < 4.78 is 0. The lowest BCUT2D eigenvalue weighted by Gasteiger charge is -2.48. The Balaban J connectivity index is 1.95. The van der Waals surface area contributed by atoms with Gasteiger partial charge in [0.2, 0.25) is 0 Å². The standard InChI is InChI=1S/C12H24N2O/c1-10(2)14-7-4-12(5-8-14)3-6-13-9-11(12)15/h10-11,13,15H,3-9H2,1-2H3/t11-/m0/s1. The second-order valence-corrected chi connectivity index (χ2v) is 5.46. The molecule has 2 saturated heterocycles. The highest BCUT2D eigenvalue weighted by atomic mass is 16.3. The average molecular weight is 212 g/mol. The predicted molar refractivity (Wildman–Crippen MR) is 61.9 cm³/mol. The number of piperidine rings is 2. The van der Waals surface area contributed by atoms with Gasteiger partial charge < -0.3 is 15.3 Å². The maximum Gasteiger partial charge on any atom is 0.0722 e. The van der Waals surface area contributed by atoms with Crippen LogP contribution in [-0.4, -0.2) is 48.3 Å². The summed E-state index contributed by atoms with van der Waals surface area (Å²) in [6.45, 7) is 8.72.